The third kappa shape index (κ3) is 7.25. The Morgan fingerprint density at radius 1 is 0.756 bits per heavy atom. The molecule has 210 valence electrons. The van der Waals surface area contributed by atoms with Gasteiger partial charge in [-0.25, -0.2) is 9.97 Å². The lowest BCUT2D eigenvalue weighted by molar-refractivity contribution is -0.117. The smallest absolute Gasteiger partial charge is 0.223 e. The monoisotopic (exact) mass is 571 g/mol. The number of aromatic nitrogens is 6. The van der Waals surface area contributed by atoms with Crippen LogP contribution >= 0.6 is 11.6 Å². The molecule has 0 unspecified atom stereocenters. The van der Waals surface area contributed by atoms with Gasteiger partial charge in [-0.15, -0.1) is 5.10 Å². The van der Waals surface area contributed by atoms with E-state index in [1.165, 1.54) is 23.6 Å². The maximum Gasteiger partial charge on any atom is 0.223 e. The number of hydrogen-bond acceptors (Lipinski definition) is 9. The van der Waals surface area contributed by atoms with Crippen molar-refractivity contribution in [3.05, 3.63) is 71.8 Å². The molecule has 0 saturated heterocycles. The highest BCUT2D eigenvalue weighted by Gasteiger charge is 2.10. The number of carbonyl (C=O) groups is 2. The van der Waals surface area contributed by atoms with Gasteiger partial charge < -0.3 is 15.1 Å². The van der Waals surface area contributed by atoms with Crippen molar-refractivity contribution >= 4 is 68.5 Å². The Bertz CT molecular complexity index is 1730. The average molecular weight is 572 g/mol. The SMILES string of the molecule is CC(=O)N(C)c1cnc2ccc(Cl)nc2c1.CC(=O)N(C)c1cnc2ccc(Nc3cc(C(C)C)cnn3)nc2c1. The van der Waals surface area contributed by atoms with Crippen LogP contribution in [0.15, 0.2) is 61.1 Å². The summed E-state index contributed by atoms with van der Waals surface area (Å²) in [4.78, 5) is 43.0. The summed E-state index contributed by atoms with van der Waals surface area (Å²) in [6.07, 6.45) is 5.06. The lowest BCUT2D eigenvalue weighted by Crippen LogP contribution is -2.22. The molecule has 0 saturated carbocycles. The van der Waals surface area contributed by atoms with Crippen molar-refractivity contribution in [2.75, 3.05) is 29.2 Å². The second kappa shape index (κ2) is 12.6. The van der Waals surface area contributed by atoms with Gasteiger partial charge in [-0.3, -0.25) is 19.6 Å². The van der Waals surface area contributed by atoms with Crippen LogP contribution in [-0.2, 0) is 9.59 Å². The molecule has 12 heteroatoms. The number of hydrogen-bond donors (Lipinski definition) is 1. The Balaban J connectivity index is 0.000000208. The first-order chi connectivity index (χ1) is 19.5. The average Bonchev–Trinajstić information content (AvgIpc) is 2.96. The van der Waals surface area contributed by atoms with Crippen molar-refractivity contribution in [2.24, 2.45) is 0 Å². The Hall–Kier alpha value is -4.77. The summed E-state index contributed by atoms with van der Waals surface area (Å²) >= 11 is 5.79. The normalized spacial score (nSPS) is 10.7. The van der Waals surface area contributed by atoms with Crippen LogP contribution in [0.2, 0.25) is 5.15 Å². The van der Waals surface area contributed by atoms with Crippen LogP contribution in [0, 0.1) is 0 Å². The zero-order valence-electron chi connectivity index (χ0n) is 23.6. The van der Waals surface area contributed by atoms with Crippen molar-refractivity contribution in [3.8, 4) is 0 Å². The quantitative estimate of drug-likeness (QED) is 0.270. The van der Waals surface area contributed by atoms with Crippen molar-refractivity contribution in [1.29, 1.82) is 0 Å². The fraction of sp³-hybridized carbons (Fsp3) is 0.241. The van der Waals surface area contributed by atoms with E-state index in [-0.39, 0.29) is 11.8 Å². The van der Waals surface area contributed by atoms with E-state index in [9.17, 15) is 9.59 Å². The molecule has 5 aromatic rings. The van der Waals surface area contributed by atoms with Crippen LogP contribution in [0.1, 0.15) is 39.2 Å². The molecule has 0 bridgehead atoms. The molecule has 0 aliphatic heterocycles. The predicted octanol–water partition coefficient (Wildman–Crippen LogP) is 5.54. The molecule has 5 aromatic heterocycles. The van der Waals surface area contributed by atoms with E-state index in [0.29, 0.717) is 45.1 Å². The lowest BCUT2D eigenvalue weighted by atomic mass is 10.1. The molecule has 5 heterocycles. The van der Waals surface area contributed by atoms with Gasteiger partial charge in [-0.05, 0) is 53.9 Å². The maximum atomic E-state index is 11.5. The van der Waals surface area contributed by atoms with Gasteiger partial charge in [-0.1, -0.05) is 25.4 Å². The minimum absolute atomic E-state index is 0.0526. The first-order valence-electron chi connectivity index (χ1n) is 12.8. The van der Waals surface area contributed by atoms with Gasteiger partial charge in [0.2, 0.25) is 11.8 Å². The Morgan fingerprint density at radius 3 is 1.88 bits per heavy atom. The standard InChI is InChI=1S/C18H20N6O.C11H10ClN3O/c1-11(2)13-7-18(23-20-9-13)22-17-6-5-15-16(21-17)8-14(10-19-15)24(4)12(3)25;1-7(16)15(2)8-5-10-9(13-6-8)3-4-11(12)14-10/h5-11H,1-4H3,(H,21,22,23);3-6H,1-2H3. The lowest BCUT2D eigenvalue weighted by Gasteiger charge is -2.15. The van der Waals surface area contributed by atoms with Crippen LogP contribution in [0.25, 0.3) is 22.1 Å². The van der Waals surface area contributed by atoms with Gasteiger partial charge in [-0.2, -0.15) is 5.10 Å². The predicted molar refractivity (Wildman–Crippen MR) is 162 cm³/mol. The van der Waals surface area contributed by atoms with Crippen LogP contribution in [0.4, 0.5) is 23.0 Å². The van der Waals surface area contributed by atoms with Crippen molar-refractivity contribution in [1.82, 2.24) is 30.1 Å². The summed E-state index contributed by atoms with van der Waals surface area (Å²) in [6, 6.07) is 12.8. The molecule has 0 aliphatic carbocycles. The minimum Gasteiger partial charge on any atom is -0.323 e. The van der Waals surface area contributed by atoms with E-state index in [0.717, 1.165) is 16.6 Å². The van der Waals surface area contributed by atoms with Crippen LogP contribution in [0.3, 0.4) is 0 Å². The van der Waals surface area contributed by atoms with Gasteiger partial charge in [0, 0.05) is 27.9 Å². The van der Waals surface area contributed by atoms with E-state index in [4.69, 9.17) is 11.6 Å². The Labute approximate surface area is 242 Å². The Kier molecular flexibility index (Phi) is 8.98. The van der Waals surface area contributed by atoms with Crippen LogP contribution in [-0.4, -0.2) is 56.0 Å². The molecule has 0 radical (unpaired) electrons. The molecule has 0 fully saturated rings. The van der Waals surface area contributed by atoms with Crippen molar-refractivity contribution in [2.45, 2.75) is 33.6 Å². The zero-order valence-corrected chi connectivity index (χ0v) is 24.4. The molecule has 1 N–H and O–H groups in total. The third-order valence-electron chi connectivity index (χ3n) is 6.33. The summed E-state index contributed by atoms with van der Waals surface area (Å²) < 4.78 is 0. The van der Waals surface area contributed by atoms with E-state index in [1.54, 1.807) is 50.9 Å². The number of carbonyl (C=O) groups excluding carboxylic acids is 2. The van der Waals surface area contributed by atoms with E-state index < -0.39 is 0 Å². The molecule has 0 aromatic carbocycles. The van der Waals surface area contributed by atoms with E-state index in [2.05, 4.69) is 49.3 Å². The number of halogens is 1. The zero-order chi connectivity index (χ0) is 29.7. The van der Waals surface area contributed by atoms with Gasteiger partial charge in [0.25, 0.3) is 0 Å². The second-order valence-corrected chi connectivity index (χ2v) is 9.99. The summed E-state index contributed by atoms with van der Waals surface area (Å²) in [5.41, 5.74) is 5.39. The fourth-order valence-corrected chi connectivity index (χ4v) is 3.81. The number of nitrogens with one attached hydrogen (secondary N) is 1. The summed E-state index contributed by atoms with van der Waals surface area (Å²) in [7, 11) is 3.40. The van der Waals surface area contributed by atoms with Gasteiger partial charge in [0.15, 0.2) is 5.82 Å². The number of rotatable bonds is 5. The van der Waals surface area contributed by atoms with Crippen LogP contribution < -0.4 is 15.1 Å². The number of anilines is 4. The van der Waals surface area contributed by atoms with E-state index >= 15 is 0 Å². The number of nitrogens with zero attached hydrogens (tertiary/aromatic N) is 8. The highest BCUT2D eigenvalue weighted by Crippen LogP contribution is 2.23. The molecule has 11 nitrogen and oxygen atoms in total. The molecule has 2 amide bonds. The van der Waals surface area contributed by atoms with E-state index in [1.807, 2.05) is 24.3 Å². The fourth-order valence-electron chi connectivity index (χ4n) is 3.66. The molecule has 0 aliphatic rings. The highest BCUT2D eigenvalue weighted by atomic mass is 35.5. The minimum atomic E-state index is -0.0591. The van der Waals surface area contributed by atoms with Crippen LogP contribution in [0.5, 0.6) is 0 Å². The number of amides is 2. The summed E-state index contributed by atoms with van der Waals surface area (Å²) in [6.45, 7) is 7.22. The highest BCUT2D eigenvalue weighted by molar-refractivity contribution is 6.29. The van der Waals surface area contributed by atoms with Crippen molar-refractivity contribution in [3.63, 3.8) is 0 Å². The summed E-state index contributed by atoms with van der Waals surface area (Å²) in [5.74, 6) is 1.55. The molecule has 0 atom stereocenters. The molecule has 5 rings (SSSR count). The molecule has 0 spiro atoms. The third-order valence-corrected chi connectivity index (χ3v) is 6.54. The second-order valence-electron chi connectivity index (χ2n) is 9.60. The largest absolute Gasteiger partial charge is 0.323 e. The van der Waals surface area contributed by atoms with Gasteiger partial charge >= 0.3 is 0 Å². The first kappa shape index (κ1) is 29.2. The molecular weight excluding hydrogens is 542 g/mol. The molecular formula is C29H30ClN9O2. The van der Waals surface area contributed by atoms with Gasteiger partial charge in [0.05, 0.1) is 52.0 Å². The summed E-state index contributed by atoms with van der Waals surface area (Å²) in [5, 5.41) is 11.7. The first-order valence-corrected chi connectivity index (χ1v) is 13.2. The topological polar surface area (TPSA) is 130 Å². The number of pyridine rings is 4. The van der Waals surface area contributed by atoms with Gasteiger partial charge in [0.1, 0.15) is 11.0 Å². The van der Waals surface area contributed by atoms with Crippen molar-refractivity contribution < 1.29 is 9.59 Å². The Morgan fingerprint density at radius 2 is 1.32 bits per heavy atom. The molecule has 41 heavy (non-hydrogen) atoms. The number of fused-ring (bicyclic) bond motifs is 2. The maximum absolute atomic E-state index is 11.5.